The summed E-state index contributed by atoms with van der Waals surface area (Å²) in [5.74, 6) is 1.49. The average molecular weight is 361 g/mol. The second-order valence-corrected chi connectivity index (χ2v) is 6.01. The van der Waals surface area contributed by atoms with Crippen molar-refractivity contribution >= 4 is 17.2 Å². The zero-order valence-electron chi connectivity index (χ0n) is 14.6. The predicted molar refractivity (Wildman–Crippen MR) is 91.4 cm³/mol. The zero-order valence-corrected chi connectivity index (χ0v) is 14.6. The van der Waals surface area contributed by atoms with Crippen molar-refractivity contribution in [1.82, 2.24) is 15.5 Å². The molecule has 0 aliphatic carbocycles. The highest BCUT2D eigenvalue weighted by atomic mass is 16.5. The topological polar surface area (TPSA) is 120 Å². The van der Waals surface area contributed by atoms with E-state index in [4.69, 9.17) is 23.5 Å². The van der Waals surface area contributed by atoms with E-state index in [1.165, 1.54) is 6.07 Å². The minimum atomic E-state index is -1.12. The summed E-state index contributed by atoms with van der Waals surface area (Å²) >= 11 is 0. The molecule has 0 unspecified atom stereocenters. The summed E-state index contributed by atoms with van der Waals surface area (Å²) in [6.45, 7) is 5.68. The Hall–Kier alpha value is -3.23. The van der Waals surface area contributed by atoms with E-state index >= 15 is 0 Å². The number of ether oxygens (including phenoxy) is 2. The standard InChI is InChI=1S/C17H19N3O6/c1-9(2)24-11-4-5-13-12(6-11)19-16(25-13)14-7-15(20-26-14)23-8-10(3)18-17(21)22/h4-7,9-10,18H,8H2,1-3H3,(H,21,22)/t10-/m0/s1. The second kappa shape index (κ2) is 7.34. The van der Waals surface area contributed by atoms with Crippen LogP contribution in [0.3, 0.4) is 0 Å². The summed E-state index contributed by atoms with van der Waals surface area (Å²) in [7, 11) is 0. The summed E-state index contributed by atoms with van der Waals surface area (Å²) < 4.78 is 21.9. The van der Waals surface area contributed by atoms with Gasteiger partial charge in [0.2, 0.25) is 5.76 Å². The fourth-order valence-corrected chi connectivity index (χ4v) is 2.25. The van der Waals surface area contributed by atoms with Gasteiger partial charge in [0.15, 0.2) is 5.58 Å². The van der Waals surface area contributed by atoms with Crippen molar-refractivity contribution in [3.05, 3.63) is 24.3 Å². The number of carboxylic acid groups (broad SMARTS) is 1. The van der Waals surface area contributed by atoms with Crippen molar-refractivity contribution in [2.75, 3.05) is 6.61 Å². The third-order valence-corrected chi connectivity index (χ3v) is 3.28. The van der Waals surface area contributed by atoms with Crippen molar-refractivity contribution < 1.29 is 28.3 Å². The van der Waals surface area contributed by atoms with Crippen LogP contribution in [0.5, 0.6) is 11.6 Å². The van der Waals surface area contributed by atoms with Crippen LogP contribution in [0.4, 0.5) is 4.79 Å². The van der Waals surface area contributed by atoms with Crippen LogP contribution in [0.2, 0.25) is 0 Å². The largest absolute Gasteiger partial charge is 0.491 e. The molecular weight excluding hydrogens is 342 g/mol. The van der Waals surface area contributed by atoms with E-state index in [1.54, 1.807) is 19.1 Å². The van der Waals surface area contributed by atoms with Gasteiger partial charge in [-0.05, 0) is 38.1 Å². The quantitative estimate of drug-likeness (QED) is 0.658. The molecule has 1 aromatic carbocycles. The molecule has 1 atom stereocenters. The molecule has 0 aliphatic heterocycles. The molecular formula is C17H19N3O6. The molecule has 0 saturated heterocycles. The lowest BCUT2D eigenvalue weighted by Crippen LogP contribution is -2.35. The molecule has 0 saturated carbocycles. The highest BCUT2D eigenvalue weighted by Crippen LogP contribution is 2.29. The van der Waals surface area contributed by atoms with Crippen LogP contribution in [0.25, 0.3) is 22.8 Å². The number of rotatable bonds is 7. The molecule has 1 amide bonds. The van der Waals surface area contributed by atoms with E-state index in [9.17, 15) is 4.79 Å². The lowest BCUT2D eigenvalue weighted by Gasteiger charge is -2.10. The monoisotopic (exact) mass is 361 g/mol. The first kappa shape index (κ1) is 17.6. The van der Waals surface area contributed by atoms with E-state index in [1.807, 2.05) is 19.9 Å². The second-order valence-electron chi connectivity index (χ2n) is 6.01. The van der Waals surface area contributed by atoms with Gasteiger partial charge >= 0.3 is 6.09 Å². The maximum atomic E-state index is 10.5. The Balaban J connectivity index is 1.71. The number of nitrogens with one attached hydrogen (secondary N) is 1. The molecule has 9 nitrogen and oxygen atoms in total. The molecule has 26 heavy (non-hydrogen) atoms. The summed E-state index contributed by atoms with van der Waals surface area (Å²) in [4.78, 5) is 14.9. The molecule has 0 fully saturated rings. The first-order valence-electron chi connectivity index (χ1n) is 8.07. The van der Waals surface area contributed by atoms with Crippen LogP contribution >= 0.6 is 0 Å². The number of carbonyl (C=O) groups is 1. The number of nitrogens with zero attached hydrogens (tertiary/aromatic N) is 2. The highest BCUT2D eigenvalue weighted by molar-refractivity contribution is 5.77. The Morgan fingerprint density at radius 2 is 2.12 bits per heavy atom. The molecule has 0 bridgehead atoms. The fourth-order valence-electron chi connectivity index (χ4n) is 2.25. The smallest absolute Gasteiger partial charge is 0.404 e. The van der Waals surface area contributed by atoms with Crippen LogP contribution in [-0.2, 0) is 0 Å². The molecule has 2 aromatic heterocycles. The van der Waals surface area contributed by atoms with Gasteiger partial charge < -0.3 is 28.8 Å². The van der Waals surface area contributed by atoms with E-state index in [0.717, 1.165) is 0 Å². The molecule has 138 valence electrons. The summed E-state index contributed by atoms with van der Waals surface area (Å²) in [5, 5.41) is 14.7. The number of benzene rings is 1. The number of fused-ring (bicyclic) bond motifs is 1. The van der Waals surface area contributed by atoms with Gasteiger partial charge in [-0.1, -0.05) is 0 Å². The molecule has 9 heteroatoms. The normalized spacial score (nSPS) is 12.3. The molecule has 3 rings (SSSR count). The van der Waals surface area contributed by atoms with E-state index in [-0.39, 0.29) is 24.5 Å². The Bertz CT molecular complexity index is 901. The first-order valence-corrected chi connectivity index (χ1v) is 8.07. The van der Waals surface area contributed by atoms with Gasteiger partial charge in [-0.25, -0.2) is 9.78 Å². The molecule has 2 heterocycles. The fraction of sp³-hybridized carbons (Fsp3) is 0.353. The number of aromatic nitrogens is 2. The minimum absolute atomic E-state index is 0.0609. The van der Waals surface area contributed by atoms with E-state index in [0.29, 0.717) is 22.6 Å². The molecule has 0 aliphatic rings. The Morgan fingerprint density at radius 3 is 2.85 bits per heavy atom. The number of amides is 1. The number of hydrogen-bond donors (Lipinski definition) is 2. The van der Waals surface area contributed by atoms with Gasteiger partial charge in [-0.15, -0.1) is 0 Å². The van der Waals surface area contributed by atoms with Crippen molar-refractivity contribution in [1.29, 1.82) is 0 Å². The minimum Gasteiger partial charge on any atom is -0.491 e. The highest BCUT2D eigenvalue weighted by Gasteiger charge is 2.16. The summed E-state index contributed by atoms with van der Waals surface area (Å²) in [5.41, 5.74) is 1.23. The van der Waals surface area contributed by atoms with Gasteiger partial charge in [-0.2, -0.15) is 0 Å². The molecule has 0 radical (unpaired) electrons. The van der Waals surface area contributed by atoms with Crippen LogP contribution in [0.15, 0.2) is 33.2 Å². The van der Waals surface area contributed by atoms with Crippen LogP contribution < -0.4 is 14.8 Å². The molecule has 2 N–H and O–H groups in total. The third-order valence-electron chi connectivity index (χ3n) is 3.28. The average Bonchev–Trinajstić information content (AvgIpc) is 3.17. The Kier molecular flexibility index (Phi) is 4.97. The van der Waals surface area contributed by atoms with Crippen molar-refractivity contribution in [3.63, 3.8) is 0 Å². The van der Waals surface area contributed by atoms with Gasteiger partial charge in [0.25, 0.3) is 11.8 Å². The van der Waals surface area contributed by atoms with E-state index < -0.39 is 12.1 Å². The molecule has 0 spiro atoms. The summed E-state index contributed by atoms with van der Waals surface area (Å²) in [6, 6.07) is 6.51. The first-order chi connectivity index (χ1) is 12.4. The lowest BCUT2D eigenvalue weighted by atomic mass is 10.3. The zero-order chi connectivity index (χ0) is 18.7. The molecule has 3 aromatic rings. The SMILES string of the molecule is CC(C)Oc1ccc2oc(-c3cc(OC[C@H](C)NC(=O)O)no3)nc2c1. The predicted octanol–water partition coefficient (Wildman–Crippen LogP) is 3.30. The Morgan fingerprint density at radius 1 is 1.31 bits per heavy atom. The third kappa shape index (κ3) is 4.24. The number of hydrogen-bond acceptors (Lipinski definition) is 7. The van der Waals surface area contributed by atoms with Crippen LogP contribution in [0.1, 0.15) is 20.8 Å². The maximum Gasteiger partial charge on any atom is 0.404 e. The van der Waals surface area contributed by atoms with Gasteiger partial charge in [0.1, 0.15) is 17.9 Å². The van der Waals surface area contributed by atoms with Crippen LogP contribution in [-0.4, -0.2) is 40.1 Å². The van der Waals surface area contributed by atoms with Crippen LogP contribution in [0, 0.1) is 0 Å². The Labute approximate surface area is 148 Å². The summed E-state index contributed by atoms with van der Waals surface area (Å²) in [6.07, 6.45) is -1.06. The van der Waals surface area contributed by atoms with Crippen molar-refractivity contribution in [2.45, 2.75) is 32.9 Å². The maximum absolute atomic E-state index is 10.5. The van der Waals surface area contributed by atoms with Gasteiger partial charge in [-0.3, -0.25) is 0 Å². The van der Waals surface area contributed by atoms with Gasteiger partial charge in [0.05, 0.1) is 18.2 Å². The van der Waals surface area contributed by atoms with Crippen molar-refractivity contribution in [3.8, 4) is 23.3 Å². The number of oxazole rings is 1. The van der Waals surface area contributed by atoms with E-state index in [2.05, 4.69) is 15.5 Å². The lowest BCUT2D eigenvalue weighted by molar-refractivity contribution is 0.181. The van der Waals surface area contributed by atoms with Crippen molar-refractivity contribution in [2.24, 2.45) is 0 Å². The van der Waals surface area contributed by atoms with Gasteiger partial charge in [0, 0.05) is 6.07 Å².